The van der Waals surface area contributed by atoms with Crippen LogP contribution in [0.15, 0.2) is 18.2 Å². The Morgan fingerprint density at radius 3 is 2.37 bits per heavy atom. The topological polar surface area (TPSA) is 12.0 Å². The number of hydrogen-bond acceptors (Lipinski definition) is 1. The molecular weight excluding hydrogens is 258 g/mol. The van der Waals surface area contributed by atoms with Gasteiger partial charge in [-0.2, -0.15) is 8.78 Å². The van der Waals surface area contributed by atoms with Crippen molar-refractivity contribution >= 4 is 0 Å². The van der Waals surface area contributed by atoms with Gasteiger partial charge in [0.2, 0.25) is 0 Å². The lowest BCUT2D eigenvalue weighted by atomic mass is 9.94. The van der Waals surface area contributed by atoms with E-state index < -0.39 is 18.4 Å². The summed E-state index contributed by atoms with van der Waals surface area (Å²) in [6.07, 6.45) is -3.09. The summed E-state index contributed by atoms with van der Waals surface area (Å²) in [5.74, 6) is -4.09. The number of nitrogens with one attached hydrogen (secondary N) is 1. The average Bonchev–Trinajstić information content (AvgIpc) is 2.33. The standard InChI is InChI=1S/C14H19F4N/c1-4-7-19-12(14(17,18)13(15)16)11-8-9(2)5-6-10(11)3/h5-6,8,12-13,19H,4,7H2,1-3H3. The van der Waals surface area contributed by atoms with Crippen molar-refractivity contribution in [1.82, 2.24) is 5.32 Å². The second-order valence-electron chi connectivity index (χ2n) is 4.72. The molecule has 108 valence electrons. The third-order valence-electron chi connectivity index (χ3n) is 3.02. The van der Waals surface area contributed by atoms with Gasteiger partial charge in [-0.3, -0.25) is 0 Å². The van der Waals surface area contributed by atoms with Crippen LogP contribution < -0.4 is 5.32 Å². The summed E-state index contributed by atoms with van der Waals surface area (Å²) >= 11 is 0. The molecule has 0 aliphatic heterocycles. The third kappa shape index (κ3) is 3.69. The van der Waals surface area contributed by atoms with E-state index in [0.717, 1.165) is 5.56 Å². The third-order valence-corrected chi connectivity index (χ3v) is 3.02. The Labute approximate surface area is 111 Å². The van der Waals surface area contributed by atoms with Crippen molar-refractivity contribution in [3.8, 4) is 0 Å². The predicted octanol–water partition coefficient (Wildman–Crippen LogP) is 4.24. The second-order valence-corrected chi connectivity index (χ2v) is 4.72. The van der Waals surface area contributed by atoms with Crippen LogP contribution in [0.2, 0.25) is 0 Å². The molecule has 0 fully saturated rings. The molecule has 0 heterocycles. The zero-order valence-corrected chi connectivity index (χ0v) is 11.3. The second kappa shape index (κ2) is 6.37. The minimum atomic E-state index is -4.09. The Morgan fingerprint density at radius 1 is 1.21 bits per heavy atom. The molecule has 19 heavy (non-hydrogen) atoms. The summed E-state index contributed by atoms with van der Waals surface area (Å²) in [6.45, 7) is 5.46. The van der Waals surface area contributed by atoms with Crippen LogP contribution in [-0.2, 0) is 0 Å². The summed E-state index contributed by atoms with van der Waals surface area (Å²) in [7, 11) is 0. The molecule has 5 heteroatoms. The molecule has 1 aromatic carbocycles. The molecule has 1 nitrogen and oxygen atoms in total. The molecule has 0 aromatic heterocycles. The normalized spacial score (nSPS) is 13.9. The average molecular weight is 277 g/mol. The maximum atomic E-state index is 13.7. The van der Waals surface area contributed by atoms with Crippen LogP contribution in [0.1, 0.15) is 36.1 Å². The van der Waals surface area contributed by atoms with Crippen LogP contribution >= 0.6 is 0 Å². The number of benzene rings is 1. The quantitative estimate of drug-likeness (QED) is 0.767. The van der Waals surface area contributed by atoms with E-state index in [1.54, 1.807) is 39.0 Å². The van der Waals surface area contributed by atoms with E-state index in [2.05, 4.69) is 5.32 Å². The first-order valence-electron chi connectivity index (χ1n) is 6.27. The van der Waals surface area contributed by atoms with Crippen molar-refractivity contribution in [2.24, 2.45) is 0 Å². The van der Waals surface area contributed by atoms with Crippen molar-refractivity contribution in [2.45, 2.75) is 45.6 Å². The monoisotopic (exact) mass is 277 g/mol. The van der Waals surface area contributed by atoms with Gasteiger partial charge in [-0.05, 0) is 37.9 Å². The fraction of sp³-hybridized carbons (Fsp3) is 0.571. The Morgan fingerprint density at radius 2 is 1.84 bits per heavy atom. The maximum Gasteiger partial charge on any atom is 0.326 e. The van der Waals surface area contributed by atoms with Gasteiger partial charge in [-0.1, -0.05) is 30.7 Å². The van der Waals surface area contributed by atoms with Gasteiger partial charge in [-0.15, -0.1) is 0 Å². The first-order valence-corrected chi connectivity index (χ1v) is 6.27. The molecule has 0 spiro atoms. The molecule has 0 saturated heterocycles. The zero-order valence-electron chi connectivity index (χ0n) is 11.3. The van der Waals surface area contributed by atoms with Gasteiger partial charge in [0.25, 0.3) is 0 Å². The summed E-state index contributed by atoms with van der Waals surface area (Å²) in [6, 6.07) is 3.33. The van der Waals surface area contributed by atoms with Gasteiger partial charge in [-0.25, -0.2) is 8.78 Å². The van der Waals surface area contributed by atoms with Crippen LogP contribution in [0.4, 0.5) is 17.6 Å². The molecular formula is C14H19F4N. The highest BCUT2D eigenvalue weighted by atomic mass is 19.3. The van der Waals surface area contributed by atoms with Crippen molar-refractivity contribution in [3.63, 3.8) is 0 Å². The number of hydrogen-bond donors (Lipinski definition) is 1. The molecule has 1 aromatic rings. The lowest BCUT2D eigenvalue weighted by molar-refractivity contribution is -0.151. The molecule has 0 amide bonds. The number of alkyl halides is 4. The van der Waals surface area contributed by atoms with Gasteiger partial charge in [0.05, 0.1) is 0 Å². The van der Waals surface area contributed by atoms with Gasteiger partial charge in [0.1, 0.15) is 6.04 Å². The summed E-state index contributed by atoms with van der Waals surface area (Å²) in [5.41, 5.74) is 1.59. The van der Waals surface area contributed by atoms with Gasteiger partial charge < -0.3 is 5.32 Å². The number of rotatable bonds is 6. The highest BCUT2D eigenvalue weighted by Crippen LogP contribution is 2.38. The van der Waals surface area contributed by atoms with E-state index in [1.807, 2.05) is 0 Å². The summed E-state index contributed by atoms with van der Waals surface area (Å²) < 4.78 is 52.7. The van der Waals surface area contributed by atoms with Crippen LogP contribution in [0.25, 0.3) is 0 Å². The Balaban J connectivity index is 3.19. The number of halogens is 4. The molecule has 1 rings (SSSR count). The van der Waals surface area contributed by atoms with Crippen LogP contribution in [0.3, 0.4) is 0 Å². The fourth-order valence-electron chi connectivity index (χ4n) is 1.94. The van der Waals surface area contributed by atoms with E-state index in [9.17, 15) is 17.6 Å². The van der Waals surface area contributed by atoms with Crippen LogP contribution in [-0.4, -0.2) is 18.9 Å². The molecule has 0 aliphatic carbocycles. The fourth-order valence-corrected chi connectivity index (χ4v) is 1.94. The van der Waals surface area contributed by atoms with E-state index in [0.29, 0.717) is 12.0 Å². The largest absolute Gasteiger partial charge is 0.326 e. The Bertz CT molecular complexity index is 418. The smallest absolute Gasteiger partial charge is 0.305 e. The summed E-state index contributed by atoms with van der Waals surface area (Å²) in [4.78, 5) is 0. The lowest BCUT2D eigenvalue weighted by Crippen LogP contribution is -2.43. The van der Waals surface area contributed by atoms with Gasteiger partial charge in [0, 0.05) is 0 Å². The minimum absolute atomic E-state index is 0.235. The molecule has 0 saturated carbocycles. The molecule has 0 bridgehead atoms. The predicted molar refractivity (Wildman–Crippen MR) is 67.9 cm³/mol. The van der Waals surface area contributed by atoms with E-state index >= 15 is 0 Å². The SMILES string of the molecule is CCCNC(c1cc(C)ccc1C)C(F)(F)C(F)F. The van der Waals surface area contributed by atoms with E-state index in [4.69, 9.17) is 0 Å². The molecule has 0 radical (unpaired) electrons. The maximum absolute atomic E-state index is 13.7. The minimum Gasteiger partial charge on any atom is -0.305 e. The Hall–Kier alpha value is -1.10. The van der Waals surface area contributed by atoms with Crippen LogP contribution in [0.5, 0.6) is 0 Å². The lowest BCUT2D eigenvalue weighted by Gasteiger charge is -2.29. The van der Waals surface area contributed by atoms with Crippen molar-refractivity contribution in [3.05, 3.63) is 34.9 Å². The Kier molecular flexibility index (Phi) is 5.35. The molecule has 1 unspecified atom stereocenters. The summed E-state index contributed by atoms with van der Waals surface area (Å²) in [5, 5.41) is 2.55. The highest BCUT2D eigenvalue weighted by Gasteiger charge is 2.49. The van der Waals surface area contributed by atoms with Crippen molar-refractivity contribution < 1.29 is 17.6 Å². The van der Waals surface area contributed by atoms with E-state index in [-0.39, 0.29) is 12.1 Å². The molecule has 1 atom stereocenters. The van der Waals surface area contributed by atoms with Crippen molar-refractivity contribution in [1.29, 1.82) is 0 Å². The zero-order chi connectivity index (χ0) is 14.6. The van der Waals surface area contributed by atoms with Crippen molar-refractivity contribution in [2.75, 3.05) is 6.54 Å². The number of aryl methyl sites for hydroxylation is 2. The first-order chi connectivity index (χ1) is 8.80. The molecule has 1 N–H and O–H groups in total. The van der Waals surface area contributed by atoms with Crippen LogP contribution in [0, 0.1) is 13.8 Å². The first kappa shape index (κ1) is 16.0. The van der Waals surface area contributed by atoms with Gasteiger partial charge >= 0.3 is 12.3 Å². The van der Waals surface area contributed by atoms with E-state index in [1.165, 1.54) is 0 Å². The highest BCUT2D eigenvalue weighted by molar-refractivity contribution is 5.34. The van der Waals surface area contributed by atoms with Gasteiger partial charge in [0.15, 0.2) is 0 Å². The molecule has 0 aliphatic rings.